The van der Waals surface area contributed by atoms with Crippen LogP contribution >= 0.6 is 11.8 Å². The molecule has 0 radical (unpaired) electrons. The molecule has 26 heavy (non-hydrogen) atoms. The first kappa shape index (κ1) is 18.3. The lowest BCUT2D eigenvalue weighted by molar-refractivity contribution is -0.146. The van der Waals surface area contributed by atoms with Gasteiger partial charge in [-0.2, -0.15) is 0 Å². The number of amides is 1. The van der Waals surface area contributed by atoms with Gasteiger partial charge in [-0.25, -0.2) is 0 Å². The third kappa shape index (κ3) is 3.30. The van der Waals surface area contributed by atoms with Crippen molar-refractivity contribution in [2.24, 2.45) is 23.2 Å². The predicted molar refractivity (Wildman–Crippen MR) is 104 cm³/mol. The highest BCUT2D eigenvalue weighted by Crippen LogP contribution is 2.60. The van der Waals surface area contributed by atoms with Crippen LogP contribution in [0.4, 0.5) is 0 Å². The summed E-state index contributed by atoms with van der Waals surface area (Å²) in [5.74, 6) is 3.55. The molecule has 6 heteroatoms. The summed E-state index contributed by atoms with van der Waals surface area (Å²) < 4.78 is 2.15. The first-order valence-electron chi connectivity index (χ1n) is 10.4. The third-order valence-corrected chi connectivity index (χ3v) is 8.17. The van der Waals surface area contributed by atoms with E-state index in [1.807, 2.05) is 0 Å². The smallest absolute Gasteiger partial charge is 0.226 e. The Hall–Kier alpha value is -1.04. The van der Waals surface area contributed by atoms with E-state index in [0.717, 1.165) is 61.0 Å². The molecule has 144 valence electrons. The maximum atomic E-state index is 13.1. The number of aromatic nitrogens is 3. The first-order valence-corrected chi connectivity index (χ1v) is 11.3. The van der Waals surface area contributed by atoms with E-state index in [4.69, 9.17) is 0 Å². The van der Waals surface area contributed by atoms with Crippen LogP contribution in [0.5, 0.6) is 0 Å². The summed E-state index contributed by atoms with van der Waals surface area (Å²) in [7, 11) is 0. The van der Waals surface area contributed by atoms with Crippen molar-refractivity contribution in [1.29, 1.82) is 0 Å². The standard InChI is InChI=1S/C20H32N4OS/c1-4-13(3)26-19-23-22-17(24(19)5-2)12-21-18(25)20-9-14-6-15(10-20)8-16(7-14)11-20/h13-16H,4-12H2,1-3H3,(H,21,25)/t13-,14?,15?,16?,20?/m0/s1. The van der Waals surface area contributed by atoms with E-state index in [2.05, 4.69) is 40.9 Å². The maximum absolute atomic E-state index is 13.1. The molecular formula is C20H32N4OS. The van der Waals surface area contributed by atoms with Crippen molar-refractivity contribution in [1.82, 2.24) is 20.1 Å². The van der Waals surface area contributed by atoms with E-state index in [1.165, 1.54) is 19.3 Å². The monoisotopic (exact) mass is 376 g/mol. The molecule has 4 fully saturated rings. The predicted octanol–water partition coefficient (Wildman–Crippen LogP) is 4.02. The van der Waals surface area contributed by atoms with Crippen LogP contribution in [0.1, 0.15) is 71.5 Å². The van der Waals surface area contributed by atoms with Gasteiger partial charge in [-0.05, 0) is 69.6 Å². The number of carbonyl (C=O) groups excluding carboxylic acids is 1. The lowest BCUT2D eigenvalue weighted by Crippen LogP contribution is -2.53. The molecule has 1 heterocycles. The van der Waals surface area contributed by atoms with Crippen LogP contribution in [0.25, 0.3) is 0 Å². The SMILES string of the molecule is CC[C@H](C)Sc1nnc(CNC(=O)C23CC4CC(CC(C4)C2)C3)n1CC. The second-order valence-electron chi connectivity index (χ2n) is 8.86. The van der Waals surface area contributed by atoms with Crippen LogP contribution in [0.2, 0.25) is 0 Å². The zero-order valence-corrected chi connectivity index (χ0v) is 17.1. The molecule has 1 aromatic rings. The molecule has 4 aliphatic rings. The van der Waals surface area contributed by atoms with Gasteiger partial charge >= 0.3 is 0 Å². The molecule has 0 aliphatic heterocycles. The molecule has 0 unspecified atom stereocenters. The highest BCUT2D eigenvalue weighted by Gasteiger charge is 2.54. The Morgan fingerprint density at radius 3 is 2.35 bits per heavy atom. The normalized spacial score (nSPS) is 33.4. The third-order valence-electron chi connectivity index (χ3n) is 6.92. The van der Waals surface area contributed by atoms with Crippen molar-refractivity contribution < 1.29 is 4.79 Å². The molecule has 1 N–H and O–H groups in total. The summed E-state index contributed by atoms with van der Waals surface area (Å²) in [4.78, 5) is 13.1. The lowest BCUT2D eigenvalue weighted by Gasteiger charge is -2.55. The van der Waals surface area contributed by atoms with Gasteiger partial charge in [0.1, 0.15) is 0 Å². The first-order chi connectivity index (χ1) is 12.5. The average Bonchev–Trinajstić information content (AvgIpc) is 2.99. The van der Waals surface area contributed by atoms with Gasteiger partial charge in [-0.1, -0.05) is 25.6 Å². The summed E-state index contributed by atoms with van der Waals surface area (Å²) in [5, 5.41) is 13.5. The van der Waals surface area contributed by atoms with Gasteiger partial charge < -0.3 is 9.88 Å². The fourth-order valence-corrected chi connectivity index (χ4v) is 6.83. The molecule has 5 rings (SSSR count). The Labute approximate surface area is 161 Å². The van der Waals surface area contributed by atoms with Gasteiger partial charge in [0.2, 0.25) is 5.91 Å². The van der Waals surface area contributed by atoms with Gasteiger partial charge in [0, 0.05) is 17.2 Å². The summed E-state index contributed by atoms with van der Waals surface area (Å²) >= 11 is 1.77. The Bertz CT molecular complexity index is 635. The quantitative estimate of drug-likeness (QED) is 0.730. The van der Waals surface area contributed by atoms with Gasteiger partial charge in [-0.15, -0.1) is 10.2 Å². The highest BCUT2D eigenvalue weighted by molar-refractivity contribution is 7.99. The van der Waals surface area contributed by atoms with Gasteiger partial charge in [-0.3, -0.25) is 4.79 Å². The number of nitrogens with zero attached hydrogens (tertiary/aromatic N) is 3. The van der Waals surface area contributed by atoms with Crippen LogP contribution in [0.3, 0.4) is 0 Å². The molecule has 4 saturated carbocycles. The summed E-state index contributed by atoms with van der Waals surface area (Å²) in [6.07, 6.45) is 8.55. The molecule has 1 amide bonds. The van der Waals surface area contributed by atoms with Crippen molar-refractivity contribution in [3.05, 3.63) is 5.82 Å². The van der Waals surface area contributed by atoms with E-state index in [-0.39, 0.29) is 11.3 Å². The Morgan fingerprint density at radius 2 is 1.81 bits per heavy atom. The number of hydrogen-bond donors (Lipinski definition) is 1. The molecular weight excluding hydrogens is 344 g/mol. The van der Waals surface area contributed by atoms with Crippen LogP contribution in [0.15, 0.2) is 5.16 Å². The molecule has 0 spiro atoms. The van der Waals surface area contributed by atoms with Crippen LogP contribution < -0.4 is 5.32 Å². The number of hydrogen-bond acceptors (Lipinski definition) is 4. The topological polar surface area (TPSA) is 59.8 Å². The van der Waals surface area contributed by atoms with Gasteiger partial charge in [0.25, 0.3) is 0 Å². The van der Waals surface area contributed by atoms with E-state index in [1.54, 1.807) is 11.8 Å². The van der Waals surface area contributed by atoms with Crippen LogP contribution in [0, 0.1) is 23.2 Å². The fraction of sp³-hybridized carbons (Fsp3) is 0.850. The largest absolute Gasteiger partial charge is 0.348 e. The molecule has 1 aromatic heterocycles. The number of nitrogens with one attached hydrogen (secondary N) is 1. The minimum atomic E-state index is -0.0832. The van der Waals surface area contributed by atoms with E-state index < -0.39 is 0 Å². The summed E-state index contributed by atoms with van der Waals surface area (Å²) in [6, 6.07) is 0. The molecule has 1 atom stereocenters. The van der Waals surface area contributed by atoms with E-state index in [9.17, 15) is 4.79 Å². The average molecular weight is 377 g/mol. The maximum Gasteiger partial charge on any atom is 0.226 e. The van der Waals surface area contributed by atoms with Crippen LogP contribution in [-0.2, 0) is 17.9 Å². The molecule has 0 saturated heterocycles. The Balaban J connectivity index is 1.42. The number of thioether (sulfide) groups is 1. The molecule has 4 bridgehead atoms. The molecule has 0 aromatic carbocycles. The zero-order valence-electron chi connectivity index (χ0n) is 16.3. The zero-order chi connectivity index (χ0) is 18.3. The number of carbonyl (C=O) groups is 1. The highest BCUT2D eigenvalue weighted by atomic mass is 32.2. The second-order valence-corrected chi connectivity index (χ2v) is 10.3. The Morgan fingerprint density at radius 1 is 1.19 bits per heavy atom. The van der Waals surface area contributed by atoms with Crippen molar-refractivity contribution in [3.63, 3.8) is 0 Å². The van der Waals surface area contributed by atoms with E-state index in [0.29, 0.717) is 11.8 Å². The number of rotatable bonds is 7. The minimum absolute atomic E-state index is 0.0832. The van der Waals surface area contributed by atoms with E-state index >= 15 is 0 Å². The minimum Gasteiger partial charge on any atom is -0.348 e. The second kappa shape index (κ2) is 7.17. The van der Waals surface area contributed by atoms with Crippen molar-refractivity contribution >= 4 is 17.7 Å². The van der Waals surface area contributed by atoms with Crippen molar-refractivity contribution in [2.75, 3.05) is 0 Å². The van der Waals surface area contributed by atoms with Crippen molar-refractivity contribution in [3.8, 4) is 0 Å². The Kier molecular flexibility index (Phi) is 5.06. The van der Waals surface area contributed by atoms with Gasteiger partial charge in [0.15, 0.2) is 11.0 Å². The molecule has 4 aliphatic carbocycles. The van der Waals surface area contributed by atoms with Crippen molar-refractivity contribution in [2.45, 2.75) is 89.2 Å². The van der Waals surface area contributed by atoms with Gasteiger partial charge in [0.05, 0.1) is 6.54 Å². The van der Waals surface area contributed by atoms with Crippen LogP contribution in [-0.4, -0.2) is 25.9 Å². The fourth-order valence-electron chi connectivity index (χ4n) is 5.85. The summed E-state index contributed by atoms with van der Waals surface area (Å²) in [5.41, 5.74) is -0.0832. The lowest BCUT2D eigenvalue weighted by atomic mass is 9.49. The summed E-state index contributed by atoms with van der Waals surface area (Å²) in [6.45, 7) is 7.87. The molecule has 5 nitrogen and oxygen atoms in total.